The van der Waals surface area contributed by atoms with E-state index in [-0.39, 0.29) is 0 Å². The van der Waals surface area contributed by atoms with Crippen molar-refractivity contribution in [1.82, 2.24) is 0 Å². The first-order chi connectivity index (χ1) is 8.67. The highest BCUT2D eigenvalue weighted by Crippen LogP contribution is 2.27. The van der Waals surface area contributed by atoms with Crippen LogP contribution < -0.4 is 15.2 Å². The van der Waals surface area contributed by atoms with Crippen molar-refractivity contribution >= 4 is 5.69 Å². The molecule has 0 radical (unpaired) electrons. The van der Waals surface area contributed by atoms with E-state index in [2.05, 4.69) is 0 Å². The van der Waals surface area contributed by atoms with Crippen LogP contribution in [-0.4, -0.2) is 6.61 Å². The van der Waals surface area contributed by atoms with Gasteiger partial charge in [0.1, 0.15) is 23.1 Å². The van der Waals surface area contributed by atoms with Gasteiger partial charge in [0, 0.05) is 23.9 Å². The fourth-order valence-corrected chi connectivity index (χ4v) is 1.57. The molecule has 94 valence electrons. The van der Waals surface area contributed by atoms with Gasteiger partial charge in [0.15, 0.2) is 0 Å². The minimum absolute atomic E-state index is 0.325. The van der Waals surface area contributed by atoms with Crippen LogP contribution in [0.5, 0.6) is 17.2 Å². The number of hydrogen-bond acceptors (Lipinski definition) is 3. The summed E-state index contributed by atoms with van der Waals surface area (Å²) >= 11 is 0. The number of rotatable bonds is 4. The average Bonchev–Trinajstić information content (AvgIpc) is 2.28. The van der Waals surface area contributed by atoms with Crippen LogP contribution in [0.25, 0.3) is 0 Å². The van der Waals surface area contributed by atoms with Gasteiger partial charge in [-0.1, -0.05) is 6.07 Å². The molecule has 0 amide bonds. The molecule has 0 spiro atoms. The van der Waals surface area contributed by atoms with Crippen LogP contribution in [0.1, 0.15) is 6.92 Å². The van der Waals surface area contributed by atoms with Crippen LogP contribution in [0, 0.1) is 5.82 Å². The zero-order valence-corrected chi connectivity index (χ0v) is 10.0. The maximum absolute atomic E-state index is 13.1. The Morgan fingerprint density at radius 3 is 2.56 bits per heavy atom. The summed E-state index contributed by atoms with van der Waals surface area (Å²) in [6.07, 6.45) is 0. The Bertz CT molecular complexity index is 523. The van der Waals surface area contributed by atoms with Crippen molar-refractivity contribution in [3.05, 3.63) is 48.3 Å². The molecule has 2 aromatic rings. The van der Waals surface area contributed by atoms with E-state index in [1.165, 1.54) is 12.1 Å². The molecule has 0 saturated carbocycles. The van der Waals surface area contributed by atoms with Crippen molar-refractivity contribution in [3.8, 4) is 17.2 Å². The summed E-state index contributed by atoms with van der Waals surface area (Å²) in [5, 5.41) is 0. The van der Waals surface area contributed by atoms with E-state index in [1.54, 1.807) is 18.2 Å². The molecule has 0 saturated heterocycles. The summed E-state index contributed by atoms with van der Waals surface area (Å²) in [6, 6.07) is 11.2. The van der Waals surface area contributed by atoms with E-state index in [1.807, 2.05) is 19.1 Å². The fraction of sp³-hybridized carbons (Fsp3) is 0.143. The Balaban J connectivity index is 2.20. The highest BCUT2D eigenvalue weighted by Gasteiger charge is 2.02. The Hall–Kier alpha value is -2.23. The first-order valence-corrected chi connectivity index (χ1v) is 5.64. The SMILES string of the molecule is CCOc1cccc(Oc2cc(N)cc(F)c2)c1. The van der Waals surface area contributed by atoms with Gasteiger partial charge in [0.05, 0.1) is 6.61 Å². The van der Waals surface area contributed by atoms with Gasteiger partial charge in [0.2, 0.25) is 0 Å². The second-order valence-corrected chi connectivity index (χ2v) is 3.73. The van der Waals surface area contributed by atoms with Gasteiger partial charge in [-0.3, -0.25) is 0 Å². The number of nitrogens with two attached hydrogens (primary N) is 1. The lowest BCUT2D eigenvalue weighted by molar-refractivity contribution is 0.338. The predicted octanol–water partition coefficient (Wildman–Crippen LogP) is 3.60. The summed E-state index contributed by atoms with van der Waals surface area (Å²) in [7, 11) is 0. The lowest BCUT2D eigenvalue weighted by Crippen LogP contribution is -1.93. The van der Waals surface area contributed by atoms with Crippen LogP contribution in [0.4, 0.5) is 10.1 Å². The maximum Gasteiger partial charge on any atom is 0.132 e. The summed E-state index contributed by atoms with van der Waals surface area (Å²) < 4.78 is 24.0. The molecule has 0 aliphatic rings. The van der Waals surface area contributed by atoms with Crippen molar-refractivity contribution in [1.29, 1.82) is 0 Å². The van der Waals surface area contributed by atoms with Crippen LogP contribution in [-0.2, 0) is 0 Å². The van der Waals surface area contributed by atoms with Gasteiger partial charge in [0.25, 0.3) is 0 Å². The number of hydrogen-bond donors (Lipinski definition) is 1. The second-order valence-electron chi connectivity index (χ2n) is 3.73. The zero-order chi connectivity index (χ0) is 13.0. The molecule has 0 fully saturated rings. The summed E-state index contributed by atoms with van der Waals surface area (Å²) in [6.45, 7) is 2.48. The van der Waals surface area contributed by atoms with Gasteiger partial charge in [-0.15, -0.1) is 0 Å². The van der Waals surface area contributed by atoms with Crippen molar-refractivity contribution < 1.29 is 13.9 Å². The highest BCUT2D eigenvalue weighted by atomic mass is 19.1. The third-order valence-electron chi connectivity index (χ3n) is 2.25. The largest absolute Gasteiger partial charge is 0.494 e. The topological polar surface area (TPSA) is 44.5 Å². The van der Waals surface area contributed by atoms with Crippen molar-refractivity contribution in [3.63, 3.8) is 0 Å². The van der Waals surface area contributed by atoms with E-state index in [0.717, 1.165) is 0 Å². The first-order valence-electron chi connectivity index (χ1n) is 5.64. The van der Waals surface area contributed by atoms with Crippen LogP contribution in [0.3, 0.4) is 0 Å². The van der Waals surface area contributed by atoms with E-state index < -0.39 is 5.82 Å². The summed E-state index contributed by atoms with van der Waals surface area (Å²) in [5.41, 5.74) is 5.87. The Labute approximate surface area is 105 Å². The smallest absolute Gasteiger partial charge is 0.132 e. The van der Waals surface area contributed by atoms with Gasteiger partial charge >= 0.3 is 0 Å². The van der Waals surface area contributed by atoms with E-state index in [9.17, 15) is 4.39 Å². The van der Waals surface area contributed by atoms with Gasteiger partial charge in [-0.25, -0.2) is 4.39 Å². The molecule has 0 heterocycles. The van der Waals surface area contributed by atoms with Crippen LogP contribution in [0.15, 0.2) is 42.5 Å². The normalized spacial score (nSPS) is 10.1. The van der Waals surface area contributed by atoms with E-state index >= 15 is 0 Å². The Morgan fingerprint density at radius 2 is 1.83 bits per heavy atom. The molecule has 0 unspecified atom stereocenters. The maximum atomic E-state index is 13.1. The van der Waals surface area contributed by atoms with Crippen molar-refractivity contribution in [2.75, 3.05) is 12.3 Å². The van der Waals surface area contributed by atoms with Crippen molar-refractivity contribution in [2.45, 2.75) is 6.92 Å². The number of halogens is 1. The number of benzene rings is 2. The first kappa shape index (κ1) is 12.2. The average molecular weight is 247 g/mol. The van der Waals surface area contributed by atoms with Crippen molar-refractivity contribution in [2.24, 2.45) is 0 Å². The van der Waals surface area contributed by atoms with Gasteiger partial charge in [-0.05, 0) is 25.1 Å². The molecule has 3 nitrogen and oxygen atoms in total. The molecule has 18 heavy (non-hydrogen) atoms. The van der Waals surface area contributed by atoms with Crippen LogP contribution >= 0.6 is 0 Å². The third-order valence-corrected chi connectivity index (χ3v) is 2.25. The molecule has 2 N–H and O–H groups in total. The Kier molecular flexibility index (Phi) is 3.67. The lowest BCUT2D eigenvalue weighted by Gasteiger charge is -2.08. The molecular formula is C14H14FNO2. The molecule has 4 heteroatoms. The number of ether oxygens (including phenoxy) is 2. The molecule has 2 aromatic carbocycles. The standard InChI is InChI=1S/C14H14FNO2/c1-2-17-12-4-3-5-13(9-12)18-14-7-10(15)6-11(16)8-14/h3-9H,2,16H2,1H3. The minimum atomic E-state index is -0.425. The van der Waals surface area contributed by atoms with E-state index in [4.69, 9.17) is 15.2 Å². The quantitative estimate of drug-likeness (QED) is 0.839. The van der Waals surface area contributed by atoms with Crippen LogP contribution in [0.2, 0.25) is 0 Å². The Morgan fingerprint density at radius 1 is 1.06 bits per heavy atom. The number of anilines is 1. The molecule has 0 aromatic heterocycles. The van der Waals surface area contributed by atoms with Gasteiger partial charge in [-0.2, -0.15) is 0 Å². The molecule has 0 bridgehead atoms. The summed E-state index contributed by atoms with van der Waals surface area (Å²) in [5.74, 6) is 1.22. The number of nitrogen functional groups attached to an aromatic ring is 1. The highest BCUT2D eigenvalue weighted by molar-refractivity contribution is 5.46. The molecule has 0 aliphatic heterocycles. The minimum Gasteiger partial charge on any atom is -0.494 e. The molecule has 0 aliphatic carbocycles. The predicted molar refractivity (Wildman–Crippen MR) is 68.5 cm³/mol. The second kappa shape index (κ2) is 5.40. The monoisotopic (exact) mass is 247 g/mol. The summed E-state index contributed by atoms with van der Waals surface area (Å²) in [4.78, 5) is 0. The zero-order valence-electron chi connectivity index (χ0n) is 10.0. The molecule has 0 atom stereocenters. The van der Waals surface area contributed by atoms with Gasteiger partial charge < -0.3 is 15.2 Å². The molecular weight excluding hydrogens is 233 g/mol. The lowest BCUT2D eigenvalue weighted by atomic mass is 10.3. The van der Waals surface area contributed by atoms with E-state index in [0.29, 0.717) is 29.5 Å². The third kappa shape index (κ3) is 3.13. The molecule has 2 rings (SSSR count). The fourth-order valence-electron chi connectivity index (χ4n) is 1.57.